The lowest BCUT2D eigenvalue weighted by atomic mass is 9.66. The van der Waals surface area contributed by atoms with Crippen molar-refractivity contribution >= 4 is 17.9 Å². The quantitative estimate of drug-likeness (QED) is 0.625. The first kappa shape index (κ1) is 16.5. The van der Waals surface area contributed by atoms with Crippen LogP contribution in [0.25, 0.3) is 0 Å². The second-order valence-electron chi connectivity index (χ2n) is 7.08. The molecule has 1 aliphatic heterocycles. The van der Waals surface area contributed by atoms with Gasteiger partial charge in [-0.25, -0.2) is 9.59 Å². The number of carbonyl (C=O) groups excluding carboxylic acids is 3. The molecule has 0 unspecified atom stereocenters. The molecule has 1 saturated heterocycles. The largest absolute Gasteiger partial charge is 0.465 e. The molecular weight excluding hydrogens is 312 g/mol. The Bertz CT molecular complexity index is 720. The van der Waals surface area contributed by atoms with Crippen molar-refractivity contribution < 1.29 is 28.6 Å². The summed E-state index contributed by atoms with van der Waals surface area (Å²) in [5, 5.41) is 0. The van der Waals surface area contributed by atoms with Crippen molar-refractivity contribution in [2.45, 2.75) is 39.2 Å². The highest BCUT2D eigenvalue weighted by Crippen LogP contribution is 2.65. The highest BCUT2D eigenvalue weighted by molar-refractivity contribution is 5.94. The van der Waals surface area contributed by atoms with E-state index in [0.29, 0.717) is 18.4 Å². The minimum atomic E-state index is -1.26. The van der Waals surface area contributed by atoms with E-state index in [0.717, 1.165) is 0 Å². The van der Waals surface area contributed by atoms with E-state index < -0.39 is 28.4 Å². The van der Waals surface area contributed by atoms with Crippen LogP contribution >= 0.6 is 0 Å². The molecule has 1 aliphatic carbocycles. The van der Waals surface area contributed by atoms with Gasteiger partial charge >= 0.3 is 17.9 Å². The first-order chi connectivity index (χ1) is 11.2. The lowest BCUT2D eigenvalue weighted by Gasteiger charge is -2.34. The third-order valence-corrected chi connectivity index (χ3v) is 5.90. The average molecular weight is 332 g/mol. The number of fused-ring (bicyclic) bond motifs is 2. The second kappa shape index (κ2) is 5.06. The van der Waals surface area contributed by atoms with Gasteiger partial charge in [0.25, 0.3) is 0 Å². The van der Waals surface area contributed by atoms with Gasteiger partial charge in [0.2, 0.25) is 5.60 Å². The molecule has 24 heavy (non-hydrogen) atoms. The molecule has 128 valence electrons. The van der Waals surface area contributed by atoms with Crippen molar-refractivity contribution in [3.05, 3.63) is 29.8 Å². The van der Waals surface area contributed by atoms with Crippen LogP contribution < -0.4 is 4.74 Å². The molecule has 6 nitrogen and oxygen atoms in total. The lowest BCUT2D eigenvalue weighted by Crippen LogP contribution is -2.50. The van der Waals surface area contributed by atoms with Gasteiger partial charge in [-0.3, -0.25) is 4.79 Å². The van der Waals surface area contributed by atoms with Crippen LogP contribution in [0.2, 0.25) is 0 Å². The fourth-order valence-electron chi connectivity index (χ4n) is 3.67. The number of rotatable bonds is 3. The molecule has 2 aliphatic rings. The highest BCUT2D eigenvalue weighted by Gasteiger charge is 2.76. The lowest BCUT2D eigenvalue weighted by molar-refractivity contribution is -0.176. The zero-order valence-electron chi connectivity index (χ0n) is 14.2. The number of carbonyl (C=O) groups is 3. The number of methoxy groups -OCH3 is 1. The maximum atomic E-state index is 12.8. The van der Waals surface area contributed by atoms with Crippen molar-refractivity contribution in [1.29, 1.82) is 0 Å². The van der Waals surface area contributed by atoms with Crippen LogP contribution in [0.3, 0.4) is 0 Å². The van der Waals surface area contributed by atoms with Crippen LogP contribution in [0.5, 0.6) is 5.75 Å². The normalized spacial score (nSPS) is 29.9. The summed E-state index contributed by atoms with van der Waals surface area (Å²) < 4.78 is 15.6. The van der Waals surface area contributed by atoms with Gasteiger partial charge in [0.15, 0.2) is 0 Å². The van der Waals surface area contributed by atoms with E-state index in [1.807, 2.05) is 20.8 Å². The molecule has 0 N–H and O–H groups in total. The van der Waals surface area contributed by atoms with Gasteiger partial charge < -0.3 is 14.2 Å². The van der Waals surface area contributed by atoms with Crippen LogP contribution in [0.4, 0.5) is 0 Å². The van der Waals surface area contributed by atoms with Gasteiger partial charge in [-0.2, -0.15) is 0 Å². The summed E-state index contributed by atoms with van der Waals surface area (Å²) in [5.41, 5.74) is -2.24. The van der Waals surface area contributed by atoms with Crippen molar-refractivity contribution in [2.24, 2.45) is 10.8 Å². The third-order valence-electron chi connectivity index (χ3n) is 5.90. The van der Waals surface area contributed by atoms with Crippen LogP contribution in [-0.2, 0) is 19.1 Å². The molecule has 1 aromatic carbocycles. The summed E-state index contributed by atoms with van der Waals surface area (Å²) in [6.07, 6.45) is 1.04. The van der Waals surface area contributed by atoms with Crippen LogP contribution in [0.1, 0.15) is 44.0 Å². The molecule has 1 saturated carbocycles. The maximum Gasteiger partial charge on any atom is 0.356 e. The van der Waals surface area contributed by atoms with Crippen molar-refractivity contribution in [1.82, 2.24) is 0 Å². The van der Waals surface area contributed by atoms with Gasteiger partial charge in [-0.1, -0.05) is 13.8 Å². The van der Waals surface area contributed by atoms with Crippen molar-refractivity contribution in [3.63, 3.8) is 0 Å². The number of esters is 3. The summed E-state index contributed by atoms with van der Waals surface area (Å²) in [7, 11) is 1.29. The summed E-state index contributed by atoms with van der Waals surface area (Å²) in [5.74, 6) is -1.11. The van der Waals surface area contributed by atoms with Crippen LogP contribution in [0, 0.1) is 10.8 Å². The molecule has 0 spiro atoms. The van der Waals surface area contributed by atoms with Crippen molar-refractivity contribution in [2.75, 3.05) is 7.11 Å². The number of ether oxygens (including phenoxy) is 3. The van der Waals surface area contributed by atoms with Gasteiger partial charge in [0.05, 0.1) is 18.1 Å². The van der Waals surface area contributed by atoms with E-state index in [1.54, 1.807) is 0 Å². The zero-order chi connectivity index (χ0) is 17.8. The Labute approximate surface area is 140 Å². The van der Waals surface area contributed by atoms with Gasteiger partial charge in [0, 0.05) is 5.41 Å². The fraction of sp³-hybridized carbons (Fsp3) is 0.500. The predicted octanol–water partition coefficient (Wildman–Crippen LogP) is 2.50. The smallest absolute Gasteiger partial charge is 0.356 e. The average Bonchev–Trinajstić information content (AvgIpc) is 2.85. The Morgan fingerprint density at radius 3 is 2.17 bits per heavy atom. The SMILES string of the molecule is COC(=O)c1ccc(OC(=O)[C@]23CC[C@](C)(C(=O)O2)C3(C)C)cc1. The molecule has 0 aromatic heterocycles. The summed E-state index contributed by atoms with van der Waals surface area (Å²) in [6, 6.07) is 6.05. The van der Waals surface area contributed by atoms with E-state index >= 15 is 0 Å². The van der Waals surface area contributed by atoms with Gasteiger partial charge in [0.1, 0.15) is 5.75 Å². The third kappa shape index (κ3) is 1.92. The van der Waals surface area contributed by atoms with Crippen LogP contribution in [0.15, 0.2) is 24.3 Å². The standard InChI is InChI=1S/C18H20O6/c1-16(2)17(3)9-10-18(16,24-14(17)20)15(21)23-12-7-5-11(6-8-12)13(19)22-4/h5-8H,9-10H2,1-4H3/t17-,18+/m1/s1. The van der Waals surface area contributed by atoms with E-state index in [2.05, 4.69) is 4.74 Å². The number of hydrogen-bond acceptors (Lipinski definition) is 6. The second-order valence-corrected chi connectivity index (χ2v) is 7.08. The Morgan fingerprint density at radius 1 is 1.08 bits per heavy atom. The van der Waals surface area contributed by atoms with Crippen molar-refractivity contribution in [3.8, 4) is 5.75 Å². The van der Waals surface area contributed by atoms with Gasteiger partial charge in [-0.15, -0.1) is 0 Å². The Hall–Kier alpha value is -2.37. The number of benzene rings is 1. The molecular formula is C18H20O6. The molecule has 3 rings (SSSR count). The molecule has 6 heteroatoms. The molecule has 2 atom stereocenters. The number of hydrogen-bond donors (Lipinski definition) is 0. The van der Waals surface area contributed by atoms with E-state index in [1.165, 1.54) is 31.4 Å². The Balaban J connectivity index is 1.83. The Kier molecular flexibility index (Phi) is 3.48. The summed E-state index contributed by atoms with van der Waals surface area (Å²) in [4.78, 5) is 36.4. The predicted molar refractivity (Wildman–Crippen MR) is 83.4 cm³/mol. The Morgan fingerprint density at radius 2 is 1.71 bits per heavy atom. The topological polar surface area (TPSA) is 78.9 Å². The highest BCUT2D eigenvalue weighted by atomic mass is 16.6. The fourth-order valence-corrected chi connectivity index (χ4v) is 3.67. The van der Waals surface area contributed by atoms with Gasteiger partial charge in [-0.05, 0) is 44.0 Å². The first-order valence-electron chi connectivity index (χ1n) is 7.82. The van der Waals surface area contributed by atoms with E-state index in [4.69, 9.17) is 9.47 Å². The van der Waals surface area contributed by atoms with Crippen LogP contribution in [-0.4, -0.2) is 30.6 Å². The minimum absolute atomic E-state index is 0.286. The molecule has 1 aromatic rings. The van der Waals surface area contributed by atoms with E-state index in [9.17, 15) is 14.4 Å². The summed E-state index contributed by atoms with van der Waals surface area (Å²) in [6.45, 7) is 5.57. The monoisotopic (exact) mass is 332 g/mol. The molecule has 2 fully saturated rings. The maximum absolute atomic E-state index is 12.8. The summed E-state index contributed by atoms with van der Waals surface area (Å²) >= 11 is 0. The molecule has 2 bridgehead atoms. The van der Waals surface area contributed by atoms with E-state index in [-0.39, 0.29) is 11.7 Å². The zero-order valence-corrected chi connectivity index (χ0v) is 14.2. The minimum Gasteiger partial charge on any atom is -0.465 e. The first-order valence-corrected chi connectivity index (χ1v) is 7.82. The molecule has 1 heterocycles. The molecule has 0 radical (unpaired) electrons. The molecule has 0 amide bonds.